The van der Waals surface area contributed by atoms with Gasteiger partial charge in [-0.2, -0.15) is 0 Å². The van der Waals surface area contributed by atoms with E-state index in [2.05, 4.69) is 32.9 Å². The lowest BCUT2D eigenvalue weighted by atomic mass is 9.95. The van der Waals surface area contributed by atoms with Crippen molar-refractivity contribution in [3.8, 4) is 0 Å². The summed E-state index contributed by atoms with van der Waals surface area (Å²) in [6, 6.07) is 0. The average Bonchev–Trinajstić information content (AvgIpc) is 2.21. The highest BCUT2D eigenvalue weighted by Crippen LogP contribution is 2.17. The third-order valence-electron chi connectivity index (χ3n) is 2.72. The second-order valence-corrected chi connectivity index (χ2v) is 4.26. The number of allylic oxidation sites excluding steroid dienone is 2. The first-order chi connectivity index (χ1) is 6.85. The molecule has 0 unspecified atom stereocenters. The Morgan fingerprint density at radius 1 is 0.857 bits per heavy atom. The first-order valence-corrected chi connectivity index (χ1v) is 6.51. The van der Waals surface area contributed by atoms with Crippen molar-refractivity contribution in [2.75, 3.05) is 0 Å². The molecule has 0 heteroatoms. The average molecular weight is 196 g/mol. The molecule has 0 amide bonds. The number of unbranched alkanes of at least 4 members (excludes halogenated alkanes) is 3. The van der Waals surface area contributed by atoms with Gasteiger partial charge >= 0.3 is 0 Å². The van der Waals surface area contributed by atoms with Crippen molar-refractivity contribution in [1.82, 2.24) is 0 Å². The van der Waals surface area contributed by atoms with Crippen LogP contribution in [0, 0.1) is 5.92 Å². The maximum Gasteiger partial charge on any atom is -0.0234 e. The summed E-state index contributed by atoms with van der Waals surface area (Å²) in [6.07, 6.45) is 15.7. The van der Waals surface area contributed by atoms with E-state index in [4.69, 9.17) is 0 Å². The molecule has 0 bridgehead atoms. The van der Waals surface area contributed by atoms with Crippen molar-refractivity contribution in [3.63, 3.8) is 0 Å². The van der Waals surface area contributed by atoms with Gasteiger partial charge in [0.2, 0.25) is 0 Å². The highest BCUT2D eigenvalue weighted by atomic mass is 14.1. The molecule has 0 spiro atoms. The molecule has 0 radical (unpaired) electrons. The zero-order chi connectivity index (χ0) is 10.6. The third-order valence-corrected chi connectivity index (χ3v) is 2.72. The molecule has 0 atom stereocenters. The molecule has 14 heavy (non-hydrogen) atoms. The molecule has 0 aliphatic carbocycles. The summed E-state index contributed by atoms with van der Waals surface area (Å²) in [5, 5.41) is 0. The molecule has 84 valence electrons. The third kappa shape index (κ3) is 8.34. The molecule has 0 nitrogen and oxygen atoms in total. The Hall–Kier alpha value is -0.260. The van der Waals surface area contributed by atoms with E-state index in [0.717, 1.165) is 5.92 Å². The highest BCUT2D eigenvalue weighted by molar-refractivity contribution is 4.88. The van der Waals surface area contributed by atoms with Crippen molar-refractivity contribution in [3.05, 3.63) is 12.2 Å². The molecule has 0 saturated carbocycles. The van der Waals surface area contributed by atoms with E-state index in [1.165, 1.54) is 51.4 Å². The van der Waals surface area contributed by atoms with E-state index in [0.29, 0.717) is 0 Å². The predicted octanol–water partition coefficient (Wildman–Crippen LogP) is 5.34. The molecular weight excluding hydrogens is 168 g/mol. The predicted molar refractivity (Wildman–Crippen MR) is 66.6 cm³/mol. The van der Waals surface area contributed by atoms with E-state index in [1.807, 2.05) is 0 Å². The second kappa shape index (κ2) is 10.8. The Morgan fingerprint density at radius 3 is 1.86 bits per heavy atom. The molecule has 0 aromatic carbocycles. The van der Waals surface area contributed by atoms with Crippen molar-refractivity contribution in [2.45, 2.75) is 72.1 Å². The SMILES string of the molecule is CCC/C=C\C(CCCC)CCCC. The molecular formula is C14H28. The summed E-state index contributed by atoms with van der Waals surface area (Å²) in [7, 11) is 0. The van der Waals surface area contributed by atoms with Gasteiger partial charge in [0.25, 0.3) is 0 Å². The van der Waals surface area contributed by atoms with Crippen LogP contribution < -0.4 is 0 Å². The Balaban J connectivity index is 3.71. The minimum absolute atomic E-state index is 0.862. The number of hydrogen-bond donors (Lipinski definition) is 0. The Kier molecular flexibility index (Phi) is 10.6. The topological polar surface area (TPSA) is 0 Å². The first kappa shape index (κ1) is 13.7. The van der Waals surface area contributed by atoms with Gasteiger partial charge < -0.3 is 0 Å². The maximum absolute atomic E-state index is 2.47. The van der Waals surface area contributed by atoms with Crippen molar-refractivity contribution in [1.29, 1.82) is 0 Å². The highest BCUT2D eigenvalue weighted by Gasteiger charge is 2.02. The van der Waals surface area contributed by atoms with E-state index in [9.17, 15) is 0 Å². The van der Waals surface area contributed by atoms with E-state index < -0.39 is 0 Å². The van der Waals surface area contributed by atoms with Gasteiger partial charge in [-0.1, -0.05) is 65.0 Å². The van der Waals surface area contributed by atoms with Crippen LogP contribution in [0.1, 0.15) is 72.1 Å². The molecule has 0 aromatic rings. The lowest BCUT2D eigenvalue weighted by Gasteiger charge is -2.11. The molecule has 0 aliphatic rings. The Bertz CT molecular complexity index is 116. The van der Waals surface area contributed by atoms with Gasteiger partial charge in [0.05, 0.1) is 0 Å². The fourth-order valence-corrected chi connectivity index (χ4v) is 1.72. The Labute approximate surface area is 90.8 Å². The van der Waals surface area contributed by atoms with Crippen LogP contribution in [0.3, 0.4) is 0 Å². The van der Waals surface area contributed by atoms with Gasteiger partial charge in [0.1, 0.15) is 0 Å². The van der Waals surface area contributed by atoms with Crippen molar-refractivity contribution in [2.24, 2.45) is 5.92 Å². The number of hydrogen-bond acceptors (Lipinski definition) is 0. The number of rotatable bonds is 9. The van der Waals surface area contributed by atoms with Gasteiger partial charge in [-0.3, -0.25) is 0 Å². The molecule has 0 rings (SSSR count). The second-order valence-electron chi connectivity index (χ2n) is 4.26. The first-order valence-electron chi connectivity index (χ1n) is 6.51. The minimum atomic E-state index is 0.862. The van der Waals surface area contributed by atoms with Crippen molar-refractivity contribution >= 4 is 0 Å². The fraction of sp³-hybridized carbons (Fsp3) is 0.857. The largest absolute Gasteiger partial charge is 0.0883 e. The zero-order valence-corrected chi connectivity index (χ0v) is 10.4. The lowest BCUT2D eigenvalue weighted by molar-refractivity contribution is 0.496. The van der Waals surface area contributed by atoms with E-state index in [1.54, 1.807) is 0 Å². The zero-order valence-electron chi connectivity index (χ0n) is 10.4. The lowest BCUT2D eigenvalue weighted by Crippen LogP contribution is -1.96. The molecule has 0 fully saturated rings. The van der Waals surface area contributed by atoms with Crippen molar-refractivity contribution < 1.29 is 0 Å². The summed E-state index contributed by atoms with van der Waals surface area (Å²) in [6.45, 7) is 6.82. The monoisotopic (exact) mass is 196 g/mol. The molecule has 0 heterocycles. The van der Waals surface area contributed by atoms with Gasteiger partial charge in [0.15, 0.2) is 0 Å². The van der Waals surface area contributed by atoms with Gasteiger partial charge in [-0.25, -0.2) is 0 Å². The molecule has 0 N–H and O–H groups in total. The molecule has 0 aromatic heterocycles. The van der Waals surface area contributed by atoms with Crippen LogP contribution in [-0.4, -0.2) is 0 Å². The summed E-state index contributed by atoms with van der Waals surface area (Å²) < 4.78 is 0. The fourth-order valence-electron chi connectivity index (χ4n) is 1.72. The van der Waals surface area contributed by atoms with Crippen LogP contribution >= 0.6 is 0 Å². The summed E-state index contributed by atoms with van der Waals surface area (Å²) in [4.78, 5) is 0. The maximum atomic E-state index is 2.47. The minimum Gasteiger partial charge on any atom is -0.0883 e. The molecule has 0 saturated heterocycles. The van der Waals surface area contributed by atoms with Gasteiger partial charge in [-0.05, 0) is 25.2 Å². The summed E-state index contributed by atoms with van der Waals surface area (Å²) in [5.41, 5.74) is 0. The van der Waals surface area contributed by atoms with Crippen LogP contribution in [0.2, 0.25) is 0 Å². The quantitative estimate of drug-likeness (QED) is 0.437. The van der Waals surface area contributed by atoms with Crippen LogP contribution in [0.25, 0.3) is 0 Å². The van der Waals surface area contributed by atoms with Gasteiger partial charge in [0, 0.05) is 0 Å². The van der Waals surface area contributed by atoms with Crippen LogP contribution in [-0.2, 0) is 0 Å². The smallest absolute Gasteiger partial charge is 0.0234 e. The van der Waals surface area contributed by atoms with Gasteiger partial charge in [-0.15, -0.1) is 0 Å². The molecule has 0 aliphatic heterocycles. The van der Waals surface area contributed by atoms with E-state index >= 15 is 0 Å². The van der Waals surface area contributed by atoms with E-state index in [-0.39, 0.29) is 0 Å². The summed E-state index contributed by atoms with van der Waals surface area (Å²) in [5.74, 6) is 0.862. The van der Waals surface area contributed by atoms with Crippen LogP contribution in [0.4, 0.5) is 0 Å². The standard InChI is InChI=1S/C14H28/c1-4-7-10-13-14(11-8-5-2)12-9-6-3/h10,13-14H,4-9,11-12H2,1-3H3/b13-10-. The summed E-state index contributed by atoms with van der Waals surface area (Å²) >= 11 is 0. The Morgan fingerprint density at radius 2 is 1.43 bits per heavy atom. The van der Waals surface area contributed by atoms with Crippen LogP contribution in [0.15, 0.2) is 12.2 Å². The normalized spacial score (nSPS) is 11.7. The van der Waals surface area contributed by atoms with Crippen LogP contribution in [0.5, 0.6) is 0 Å².